The largest absolute Gasteiger partial charge is 0.481 e. The van der Waals surface area contributed by atoms with E-state index in [9.17, 15) is 9.59 Å². The van der Waals surface area contributed by atoms with E-state index in [1.54, 1.807) is 48.5 Å². The fourth-order valence-electron chi connectivity index (χ4n) is 1.69. The molecule has 20 heavy (non-hydrogen) atoms. The third-order valence-corrected chi connectivity index (χ3v) is 3.20. The minimum Gasteiger partial charge on any atom is -0.481 e. The molecule has 0 fully saturated rings. The first-order valence-corrected chi connectivity index (χ1v) is 6.71. The molecule has 0 bridgehead atoms. The van der Waals surface area contributed by atoms with Crippen molar-refractivity contribution in [3.63, 3.8) is 0 Å². The Bertz CT molecular complexity index is 621. The second kappa shape index (κ2) is 6.34. The second-order valence-electron chi connectivity index (χ2n) is 4.23. The second-order valence-corrected chi connectivity index (χ2v) is 5.14. The Hall–Kier alpha value is -2.14. The molecule has 2 N–H and O–H groups in total. The van der Waals surface area contributed by atoms with Crippen molar-refractivity contribution in [1.82, 2.24) is 0 Å². The van der Waals surface area contributed by atoms with Crippen LogP contribution < -0.4 is 5.32 Å². The number of carbonyl (C=O) groups excluding carboxylic acids is 1. The lowest BCUT2D eigenvalue weighted by atomic mass is 10.1. The normalized spacial score (nSPS) is 10.1. The van der Waals surface area contributed by atoms with E-state index in [-0.39, 0.29) is 12.3 Å². The number of rotatable bonds is 4. The maximum Gasteiger partial charge on any atom is 0.307 e. The Morgan fingerprint density at radius 2 is 1.60 bits per heavy atom. The Morgan fingerprint density at radius 3 is 2.15 bits per heavy atom. The molecule has 0 aliphatic carbocycles. The van der Waals surface area contributed by atoms with Crippen LogP contribution in [0.1, 0.15) is 15.9 Å². The summed E-state index contributed by atoms with van der Waals surface area (Å²) in [6, 6.07) is 13.8. The molecule has 0 spiro atoms. The lowest BCUT2D eigenvalue weighted by molar-refractivity contribution is -0.136. The Kier molecular flexibility index (Phi) is 4.53. The van der Waals surface area contributed by atoms with E-state index in [1.165, 1.54) is 0 Å². The van der Waals surface area contributed by atoms with E-state index in [0.29, 0.717) is 16.8 Å². The number of nitrogens with one attached hydrogen (secondary N) is 1. The smallest absolute Gasteiger partial charge is 0.307 e. The molecule has 2 rings (SSSR count). The van der Waals surface area contributed by atoms with Crippen LogP contribution in [0.5, 0.6) is 0 Å². The maximum atomic E-state index is 12.0. The molecular weight excluding hydrogens is 322 g/mol. The highest BCUT2D eigenvalue weighted by Crippen LogP contribution is 2.14. The number of hydrogen-bond donors (Lipinski definition) is 2. The molecule has 1 amide bonds. The molecule has 0 heterocycles. The lowest BCUT2D eigenvalue weighted by Crippen LogP contribution is -2.11. The highest BCUT2D eigenvalue weighted by molar-refractivity contribution is 9.10. The number of carboxylic acid groups (broad SMARTS) is 1. The Labute approximate surface area is 124 Å². The average Bonchev–Trinajstić information content (AvgIpc) is 2.41. The molecule has 0 atom stereocenters. The van der Waals surface area contributed by atoms with E-state index in [1.807, 2.05) is 0 Å². The van der Waals surface area contributed by atoms with Gasteiger partial charge in [0, 0.05) is 15.7 Å². The van der Waals surface area contributed by atoms with Crippen LogP contribution in [0, 0.1) is 0 Å². The highest BCUT2D eigenvalue weighted by Gasteiger charge is 2.06. The molecule has 2 aromatic carbocycles. The number of hydrogen-bond acceptors (Lipinski definition) is 2. The number of amides is 1. The van der Waals surface area contributed by atoms with Gasteiger partial charge in [-0.05, 0) is 42.0 Å². The number of benzene rings is 2. The van der Waals surface area contributed by atoms with E-state index in [4.69, 9.17) is 5.11 Å². The fraction of sp³-hybridized carbons (Fsp3) is 0.0667. The standard InChI is InChI=1S/C15H12BrNO3/c16-12-5-3-11(4-6-12)15(20)17-13-7-1-10(2-8-13)9-14(18)19/h1-8H,9H2,(H,17,20)(H,18,19). The Morgan fingerprint density at radius 1 is 1.00 bits per heavy atom. The van der Waals surface area contributed by atoms with E-state index < -0.39 is 5.97 Å². The third-order valence-electron chi connectivity index (χ3n) is 2.67. The first-order valence-electron chi connectivity index (χ1n) is 5.92. The quantitative estimate of drug-likeness (QED) is 0.901. The number of anilines is 1. The van der Waals surface area contributed by atoms with Gasteiger partial charge in [0.1, 0.15) is 0 Å². The molecule has 0 radical (unpaired) electrons. The predicted octanol–water partition coefficient (Wildman–Crippen LogP) is 3.33. The summed E-state index contributed by atoms with van der Waals surface area (Å²) in [7, 11) is 0. The van der Waals surface area contributed by atoms with Crippen molar-refractivity contribution in [2.45, 2.75) is 6.42 Å². The molecule has 2 aromatic rings. The van der Waals surface area contributed by atoms with Crippen LogP contribution in [0.2, 0.25) is 0 Å². The van der Waals surface area contributed by atoms with Gasteiger partial charge in [-0.2, -0.15) is 0 Å². The van der Waals surface area contributed by atoms with Crippen molar-refractivity contribution >= 4 is 33.5 Å². The van der Waals surface area contributed by atoms with Crippen molar-refractivity contribution < 1.29 is 14.7 Å². The summed E-state index contributed by atoms with van der Waals surface area (Å²) in [5.74, 6) is -1.08. The molecule has 5 heteroatoms. The van der Waals surface area contributed by atoms with Gasteiger partial charge < -0.3 is 10.4 Å². The Balaban J connectivity index is 2.04. The zero-order chi connectivity index (χ0) is 14.5. The number of halogens is 1. The predicted molar refractivity (Wildman–Crippen MR) is 79.9 cm³/mol. The molecule has 102 valence electrons. The summed E-state index contributed by atoms with van der Waals surface area (Å²) in [4.78, 5) is 22.5. The number of aliphatic carboxylic acids is 1. The summed E-state index contributed by atoms with van der Waals surface area (Å²) >= 11 is 3.31. The van der Waals surface area contributed by atoms with Crippen molar-refractivity contribution in [1.29, 1.82) is 0 Å². The molecule has 0 aliphatic rings. The molecule has 4 nitrogen and oxygen atoms in total. The summed E-state index contributed by atoms with van der Waals surface area (Å²) < 4.78 is 0.909. The van der Waals surface area contributed by atoms with Crippen molar-refractivity contribution in [2.75, 3.05) is 5.32 Å². The van der Waals surface area contributed by atoms with Crippen LogP contribution in [-0.2, 0) is 11.2 Å². The first kappa shape index (κ1) is 14.3. The van der Waals surface area contributed by atoms with Crippen LogP contribution in [0.15, 0.2) is 53.0 Å². The summed E-state index contributed by atoms with van der Waals surface area (Å²) in [5, 5.41) is 11.4. The van der Waals surface area contributed by atoms with Gasteiger partial charge in [0.25, 0.3) is 5.91 Å². The maximum absolute atomic E-state index is 12.0. The van der Waals surface area contributed by atoms with Gasteiger partial charge in [-0.3, -0.25) is 9.59 Å². The van der Waals surface area contributed by atoms with E-state index in [2.05, 4.69) is 21.2 Å². The van der Waals surface area contributed by atoms with Crippen molar-refractivity contribution in [2.24, 2.45) is 0 Å². The summed E-state index contributed by atoms with van der Waals surface area (Å²) in [5.41, 5.74) is 1.88. The zero-order valence-electron chi connectivity index (χ0n) is 10.5. The van der Waals surface area contributed by atoms with Crippen LogP contribution in [-0.4, -0.2) is 17.0 Å². The van der Waals surface area contributed by atoms with Crippen LogP contribution in [0.25, 0.3) is 0 Å². The third kappa shape index (κ3) is 3.93. The average molecular weight is 334 g/mol. The topological polar surface area (TPSA) is 66.4 Å². The molecule has 0 saturated carbocycles. The lowest BCUT2D eigenvalue weighted by Gasteiger charge is -2.06. The van der Waals surface area contributed by atoms with Gasteiger partial charge in [0.05, 0.1) is 6.42 Å². The van der Waals surface area contributed by atoms with Gasteiger partial charge in [0.15, 0.2) is 0 Å². The minimum atomic E-state index is -0.878. The van der Waals surface area contributed by atoms with Crippen LogP contribution in [0.4, 0.5) is 5.69 Å². The van der Waals surface area contributed by atoms with Gasteiger partial charge in [-0.15, -0.1) is 0 Å². The van der Waals surface area contributed by atoms with E-state index >= 15 is 0 Å². The van der Waals surface area contributed by atoms with Gasteiger partial charge in [-0.25, -0.2) is 0 Å². The van der Waals surface area contributed by atoms with Crippen molar-refractivity contribution in [3.05, 3.63) is 64.1 Å². The summed E-state index contributed by atoms with van der Waals surface area (Å²) in [6.07, 6.45) is -0.0268. The van der Waals surface area contributed by atoms with Crippen LogP contribution >= 0.6 is 15.9 Å². The zero-order valence-corrected chi connectivity index (χ0v) is 12.1. The molecule has 0 aliphatic heterocycles. The summed E-state index contributed by atoms with van der Waals surface area (Å²) in [6.45, 7) is 0. The molecular formula is C15H12BrNO3. The van der Waals surface area contributed by atoms with E-state index in [0.717, 1.165) is 4.47 Å². The molecule has 0 saturated heterocycles. The molecule has 0 unspecified atom stereocenters. The number of carboxylic acids is 1. The van der Waals surface area contributed by atoms with Gasteiger partial charge in [-0.1, -0.05) is 28.1 Å². The van der Waals surface area contributed by atoms with Gasteiger partial charge in [0.2, 0.25) is 0 Å². The van der Waals surface area contributed by atoms with Crippen molar-refractivity contribution in [3.8, 4) is 0 Å². The highest BCUT2D eigenvalue weighted by atomic mass is 79.9. The molecule has 0 aromatic heterocycles. The first-order chi connectivity index (χ1) is 9.54. The monoisotopic (exact) mass is 333 g/mol. The minimum absolute atomic E-state index is 0.0268. The fourth-order valence-corrected chi connectivity index (χ4v) is 1.95. The SMILES string of the molecule is O=C(O)Cc1ccc(NC(=O)c2ccc(Br)cc2)cc1. The van der Waals surface area contributed by atoms with Crippen LogP contribution in [0.3, 0.4) is 0 Å². The van der Waals surface area contributed by atoms with Gasteiger partial charge >= 0.3 is 5.97 Å². The number of carbonyl (C=O) groups is 2.